The number of anilines is 2. The molecule has 0 aliphatic rings. The van der Waals surface area contributed by atoms with E-state index in [4.69, 9.17) is 11.6 Å². The van der Waals surface area contributed by atoms with Gasteiger partial charge in [-0.15, -0.1) is 0 Å². The molecule has 0 fully saturated rings. The zero-order valence-electron chi connectivity index (χ0n) is 17.3. The fourth-order valence-corrected chi connectivity index (χ4v) is 4.91. The van der Waals surface area contributed by atoms with Crippen molar-refractivity contribution in [1.29, 1.82) is 0 Å². The molecule has 8 heteroatoms. The van der Waals surface area contributed by atoms with Crippen LogP contribution < -0.4 is 10.0 Å². The number of pyridine rings is 2. The number of sulfonamides is 1. The Bertz CT molecular complexity index is 1490. The first-order valence-corrected chi connectivity index (χ1v) is 11.5. The SMILES string of the molecule is CNc1cncc(C#Cc2cc(Cl)ccc2NS(=O)(=O)c2c(C)ccc3cccnc23)c1. The number of rotatable bonds is 4. The van der Waals surface area contributed by atoms with Crippen LogP contribution in [0, 0.1) is 18.8 Å². The number of halogens is 1. The molecule has 160 valence electrons. The Morgan fingerprint density at radius 2 is 1.88 bits per heavy atom. The molecule has 2 aromatic carbocycles. The summed E-state index contributed by atoms with van der Waals surface area (Å²) in [6, 6.07) is 13.9. The third kappa shape index (κ3) is 4.52. The van der Waals surface area contributed by atoms with E-state index in [0.29, 0.717) is 32.9 Å². The van der Waals surface area contributed by atoms with Gasteiger partial charge in [0.15, 0.2) is 0 Å². The molecule has 0 amide bonds. The average Bonchev–Trinajstić information content (AvgIpc) is 2.79. The van der Waals surface area contributed by atoms with E-state index in [9.17, 15) is 8.42 Å². The van der Waals surface area contributed by atoms with Crippen LogP contribution in [0.1, 0.15) is 16.7 Å². The average molecular weight is 463 g/mol. The van der Waals surface area contributed by atoms with Gasteiger partial charge in [0.1, 0.15) is 4.90 Å². The van der Waals surface area contributed by atoms with Gasteiger partial charge in [0.25, 0.3) is 10.0 Å². The zero-order chi connectivity index (χ0) is 22.7. The van der Waals surface area contributed by atoms with Crippen molar-refractivity contribution in [2.45, 2.75) is 11.8 Å². The Morgan fingerprint density at radius 1 is 1.03 bits per heavy atom. The van der Waals surface area contributed by atoms with E-state index in [1.807, 2.05) is 18.2 Å². The summed E-state index contributed by atoms with van der Waals surface area (Å²) in [5.74, 6) is 6.01. The van der Waals surface area contributed by atoms with Gasteiger partial charge in [-0.2, -0.15) is 0 Å². The first-order chi connectivity index (χ1) is 15.4. The maximum atomic E-state index is 13.4. The van der Waals surface area contributed by atoms with Crippen LogP contribution in [0.2, 0.25) is 5.02 Å². The van der Waals surface area contributed by atoms with E-state index < -0.39 is 10.0 Å². The van der Waals surface area contributed by atoms with Gasteiger partial charge in [0, 0.05) is 35.4 Å². The lowest BCUT2D eigenvalue weighted by Crippen LogP contribution is -2.16. The van der Waals surface area contributed by atoms with E-state index in [-0.39, 0.29) is 4.90 Å². The van der Waals surface area contributed by atoms with Crippen LogP contribution in [0.4, 0.5) is 11.4 Å². The quantitative estimate of drug-likeness (QED) is 0.424. The number of benzene rings is 2. The summed E-state index contributed by atoms with van der Waals surface area (Å²) in [6.07, 6.45) is 4.89. The van der Waals surface area contributed by atoms with E-state index in [0.717, 1.165) is 11.1 Å². The highest BCUT2D eigenvalue weighted by atomic mass is 35.5. The summed E-state index contributed by atoms with van der Waals surface area (Å²) < 4.78 is 29.4. The molecule has 2 N–H and O–H groups in total. The van der Waals surface area contributed by atoms with E-state index in [2.05, 4.69) is 31.8 Å². The van der Waals surface area contributed by atoms with Crippen LogP contribution in [-0.2, 0) is 10.0 Å². The third-order valence-electron chi connectivity index (χ3n) is 4.79. The second-order valence-electron chi connectivity index (χ2n) is 7.04. The minimum atomic E-state index is -3.95. The highest BCUT2D eigenvalue weighted by molar-refractivity contribution is 7.93. The molecular formula is C24H19ClN4O2S. The number of aryl methyl sites for hydroxylation is 1. The largest absolute Gasteiger partial charge is 0.387 e. The van der Waals surface area contributed by atoms with Gasteiger partial charge in [0.2, 0.25) is 0 Å². The van der Waals surface area contributed by atoms with Crippen LogP contribution in [-0.4, -0.2) is 25.4 Å². The van der Waals surface area contributed by atoms with E-state index in [1.54, 1.807) is 62.9 Å². The highest BCUT2D eigenvalue weighted by Gasteiger charge is 2.22. The smallest absolute Gasteiger partial charge is 0.264 e. The summed E-state index contributed by atoms with van der Waals surface area (Å²) in [5, 5.41) is 4.19. The van der Waals surface area contributed by atoms with Gasteiger partial charge < -0.3 is 5.32 Å². The molecule has 0 bridgehead atoms. The Balaban J connectivity index is 1.77. The molecule has 6 nitrogen and oxygen atoms in total. The van der Waals surface area contributed by atoms with Gasteiger partial charge in [-0.25, -0.2) is 8.42 Å². The van der Waals surface area contributed by atoms with Gasteiger partial charge in [-0.1, -0.05) is 41.6 Å². The first kappa shape index (κ1) is 21.6. The molecule has 0 aliphatic carbocycles. The topological polar surface area (TPSA) is 84.0 Å². The lowest BCUT2D eigenvalue weighted by Gasteiger charge is -2.14. The fraction of sp³-hybridized carbons (Fsp3) is 0.0833. The Hall–Kier alpha value is -3.60. The Labute approximate surface area is 191 Å². The molecular weight excluding hydrogens is 444 g/mol. The number of fused-ring (bicyclic) bond motifs is 1. The molecule has 4 aromatic rings. The molecule has 0 spiro atoms. The Morgan fingerprint density at radius 3 is 2.69 bits per heavy atom. The van der Waals surface area contributed by atoms with Crippen LogP contribution >= 0.6 is 11.6 Å². The van der Waals surface area contributed by atoms with Crippen molar-refractivity contribution in [3.63, 3.8) is 0 Å². The number of hydrogen-bond donors (Lipinski definition) is 2. The van der Waals surface area contributed by atoms with E-state index in [1.165, 1.54) is 0 Å². The van der Waals surface area contributed by atoms with Crippen molar-refractivity contribution >= 4 is 43.9 Å². The minimum Gasteiger partial charge on any atom is -0.387 e. The second-order valence-corrected chi connectivity index (χ2v) is 9.10. The molecule has 0 aliphatic heterocycles. The van der Waals surface area contributed by atoms with Crippen molar-refractivity contribution < 1.29 is 8.42 Å². The standard InChI is InChI=1S/C24H19ClN4O2S/c1-16-5-7-18-4-3-11-28-23(18)24(16)32(30,31)29-22-10-9-20(25)13-19(22)8-6-17-12-21(26-2)15-27-14-17/h3-5,7,9-15,26,29H,1-2H3. The van der Waals surface area contributed by atoms with Crippen molar-refractivity contribution in [1.82, 2.24) is 9.97 Å². The van der Waals surface area contributed by atoms with Gasteiger partial charge in [-0.3, -0.25) is 14.7 Å². The molecule has 0 radical (unpaired) electrons. The number of hydrogen-bond acceptors (Lipinski definition) is 5. The highest BCUT2D eigenvalue weighted by Crippen LogP contribution is 2.28. The monoisotopic (exact) mass is 462 g/mol. The molecule has 2 aromatic heterocycles. The predicted molar refractivity (Wildman–Crippen MR) is 129 cm³/mol. The summed E-state index contributed by atoms with van der Waals surface area (Å²) in [5.41, 5.74) is 3.29. The minimum absolute atomic E-state index is 0.135. The van der Waals surface area contributed by atoms with Gasteiger partial charge >= 0.3 is 0 Å². The Kier molecular flexibility index (Phi) is 5.99. The second kappa shape index (κ2) is 8.87. The maximum absolute atomic E-state index is 13.4. The molecule has 0 unspecified atom stereocenters. The van der Waals surface area contributed by atoms with Crippen LogP contribution in [0.3, 0.4) is 0 Å². The predicted octanol–water partition coefficient (Wildman–Crippen LogP) is 4.83. The summed E-state index contributed by atoms with van der Waals surface area (Å²) >= 11 is 6.16. The molecule has 0 saturated carbocycles. The van der Waals surface area contributed by atoms with E-state index >= 15 is 0 Å². The number of aromatic nitrogens is 2. The fourth-order valence-electron chi connectivity index (χ4n) is 3.25. The summed E-state index contributed by atoms with van der Waals surface area (Å²) in [7, 11) is -2.15. The van der Waals surface area contributed by atoms with Crippen molar-refractivity contribution in [3.8, 4) is 11.8 Å². The molecule has 0 saturated heterocycles. The molecule has 0 atom stereocenters. The zero-order valence-corrected chi connectivity index (χ0v) is 18.9. The maximum Gasteiger partial charge on any atom is 0.264 e. The third-order valence-corrected chi connectivity index (χ3v) is 6.56. The molecule has 2 heterocycles. The molecule has 4 rings (SSSR count). The molecule has 32 heavy (non-hydrogen) atoms. The normalized spacial score (nSPS) is 11.0. The van der Waals surface area contributed by atoms with Crippen LogP contribution in [0.5, 0.6) is 0 Å². The van der Waals surface area contributed by atoms with Crippen molar-refractivity contribution in [2.75, 3.05) is 17.1 Å². The van der Waals surface area contributed by atoms with Gasteiger partial charge in [-0.05, 0) is 42.8 Å². The van der Waals surface area contributed by atoms with Crippen LogP contribution in [0.15, 0.2) is 72.0 Å². The number of nitrogens with one attached hydrogen (secondary N) is 2. The summed E-state index contributed by atoms with van der Waals surface area (Å²) in [4.78, 5) is 8.57. The summed E-state index contributed by atoms with van der Waals surface area (Å²) in [6.45, 7) is 1.74. The van der Waals surface area contributed by atoms with Gasteiger partial charge in [0.05, 0.1) is 28.7 Å². The van der Waals surface area contributed by atoms with Crippen molar-refractivity contribution in [2.24, 2.45) is 0 Å². The first-order valence-electron chi connectivity index (χ1n) is 9.69. The lowest BCUT2D eigenvalue weighted by molar-refractivity contribution is 0.601. The van der Waals surface area contributed by atoms with Crippen molar-refractivity contribution in [3.05, 3.63) is 88.8 Å². The lowest BCUT2D eigenvalue weighted by atomic mass is 10.1. The van der Waals surface area contributed by atoms with Crippen LogP contribution in [0.25, 0.3) is 10.9 Å². The number of nitrogens with zero attached hydrogens (tertiary/aromatic N) is 2.